The summed E-state index contributed by atoms with van der Waals surface area (Å²) in [6.45, 7) is 5.01. The Morgan fingerprint density at radius 1 is 1.23 bits per heavy atom. The largest absolute Gasteiger partial charge is 0.369 e. The number of thiocarbonyl (C=S) groups is 2. The molecule has 0 saturated carbocycles. The minimum absolute atomic E-state index is 0.0287. The van der Waals surface area contributed by atoms with Gasteiger partial charge in [0.05, 0.1) is 10.6 Å². The van der Waals surface area contributed by atoms with E-state index in [9.17, 15) is 0 Å². The maximum atomic E-state index is 5.17. The number of thioether (sulfide) groups is 2. The summed E-state index contributed by atoms with van der Waals surface area (Å²) in [7, 11) is 0. The van der Waals surface area contributed by atoms with Crippen LogP contribution in [0.5, 0.6) is 0 Å². The Hall–Kier alpha value is 0.480. The molecule has 0 unspecified atom stereocenters. The van der Waals surface area contributed by atoms with Gasteiger partial charge in [0.25, 0.3) is 0 Å². The maximum Gasteiger partial charge on any atom is 0.135 e. The van der Waals surface area contributed by atoms with Gasteiger partial charge in [0.2, 0.25) is 0 Å². The molecular formula is C7H12N2S4. The molecule has 0 aromatic carbocycles. The molecule has 2 nitrogen and oxygen atoms in total. The van der Waals surface area contributed by atoms with Crippen molar-refractivity contribution in [1.29, 1.82) is 0 Å². The van der Waals surface area contributed by atoms with Crippen LogP contribution in [0.4, 0.5) is 0 Å². The number of rotatable bonds is 0. The van der Waals surface area contributed by atoms with E-state index in [-0.39, 0.29) is 5.54 Å². The third kappa shape index (κ3) is 4.49. The average molecular weight is 252 g/mol. The summed E-state index contributed by atoms with van der Waals surface area (Å²) in [5, 5.41) is 7.35. The molecule has 0 aromatic rings. The van der Waals surface area contributed by atoms with Crippen LogP contribution >= 0.6 is 48.0 Å². The number of nitrogens with one attached hydrogen (secondary N) is 2. The second kappa shape index (κ2) is 4.82. The molecule has 1 fully saturated rings. The predicted octanol–water partition coefficient (Wildman–Crippen LogP) is 1.95. The molecule has 0 atom stereocenters. The van der Waals surface area contributed by atoms with Crippen LogP contribution < -0.4 is 10.6 Å². The van der Waals surface area contributed by atoms with E-state index in [0.29, 0.717) is 0 Å². The smallest absolute Gasteiger partial charge is 0.135 e. The molecule has 2 N–H and O–H groups in total. The molecule has 0 amide bonds. The van der Waals surface area contributed by atoms with Crippen molar-refractivity contribution in [2.75, 3.05) is 11.6 Å². The summed E-state index contributed by atoms with van der Waals surface area (Å²) >= 11 is 13.5. The van der Waals surface area contributed by atoms with Crippen molar-refractivity contribution in [2.45, 2.75) is 19.4 Å². The summed E-state index contributed by atoms with van der Waals surface area (Å²) in [5.74, 6) is 0. The van der Waals surface area contributed by atoms with Gasteiger partial charge >= 0.3 is 0 Å². The van der Waals surface area contributed by atoms with Crippen LogP contribution in [0.3, 0.4) is 0 Å². The summed E-state index contributed by atoms with van der Waals surface area (Å²) in [6, 6.07) is 0. The Kier molecular flexibility index (Phi) is 4.28. The summed E-state index contributed by atoms with van der Waals surface area (Å²) < 4.78 is 1.70. The maximum absolute atomic E-state index is 5.17. The van der Waals surface area contributed by atoms with E-state index < -0.39 is 0 Å². The molecule has 74 valence electrons. The standard InChI is InChI=1S/C7H12N2S4/c1-7(2)3-8-5(10)12-4-13-6(11)9-7/h3-4H2,1-2H3,(H,8,10)(H,9,11). The molecule has 0 bridgehead atoms. The van der Waals surface area contributed by atoms with Gasteiger partial charge in [-0.15, -0.1) is 0 Å². The van der Waals surface area contributed by atoms with Crippen LogP contribution in [0.15, 0.2) is 0 Å². The molecule has 6 heteroatoms. The van der Waals surface area contributed by atoms with Crippen molar-refractivity contribution >= 4 is 56.6 Å². The highest BCUT2D eigenvalue weighted by molar-refractivity contribution is 8.35. The van der Waals surface area contributed by atoms with Crippen molar-refractivity contribution in [2.24, 2.45) is 0 Å². The zero-order valence-corrected chi connectivity index (χ0v) is 10.8. The fourth-order valence-electron chi connectivity index (χ4n) is 0.837. The predicted molar refractivity (Wildman–Crippen MR) is 70.5 cm³/mol. The van der Waals surface area contributed by atoms with Crippen LogP contribution in [0.25, 0.3) is 0 Å². The molecular weight excluding hydrogens is 240 g/mol. The van der Waals surface area contributed by atoms with E-state index in [0.717, 1.165) is 20.3 Å². The van der Waals surface area contributed by atoms with Gasteiger partial charge in [-0.1, -0.05) is 48.0 Å². The van der Waals surface area contributed by atoms with Crippen molar-refractivity contribution in [3.63, 3.8) is 0 Å². The third-order valence-electron chi connectivity index (χ3n) is 1.50. The summed E-state index contributed by atoms with van der Waals surface area (Å²) in [4.78, 5) is 0. The Balaban J connectivity index is 2.61. The molecule has 0 aliphatic carbocycles. The highest BCUT2D eigenvalue weighted by Gasteiger charge is 2.20. The lowest BCUT2D eigenvalue weighted by Gasteiger charge is -2.26. The Morgan fingerprint density at radius 3 is 2.54 bits per heavy atom. The van der Waals surface area contributed by atoms with Crippen LogP contribution in [0.2, 0.25) is 0 Å². The van der Waals surface area contributed by atoms with E-state index >= 15 is 0 Å². The SMILES string of the molecule is CC1(C)CNC(=S)SCSC(=S)N1. The normalized spacial score (nSPS) is 23.5. The minimum Gasteiger partial charge on any atom is -0.369 e. The molecule has 1 aliphatic heterocycles. The molecule has 0 aromatic heterocycles. The zero-order valence-electron chi connectivity index (χ0n) is 7.55. The van der Waals surface area contributed by atoms with Crippen molar-refractivity contribution < 1.29 is 0 Å². The summed E-state index contributed by atoms with van der Waals surface area (Å²) in [6.07, 6.45) is 0. The van der Waals surface area contributed by atoms with Crippen LogP contribution in [0, 0.1) is 0 Å². The van der Waals surface area contributed by atoms with Crippen LogP contribution in [-0.2, 0) is 0 Å². The first-order valence-corrected chi connectivity index (χ1v) is 6.64. The third-order valence-corrected chi connectivity index (χ3v) is 4.16. The van der Waals surface area contributed by atoms with E-state index in [1.165, 1.54) is 0 Å². The molecule has 0 radical (unpaired) electrons. The molecule has 1 heterocycles. The van der Waals surface area contributed by atoms with Crippen molar-refractivity contribution in [3.8, 4) is 0 Å². The Labute approximate surface area is 98.0 Å². The number of hydrogen-bond donors (Lipinski definition) is 2. The second-order valence-electron chi connectivity index (χ2n) is 3.34. The quantitative estimate of drug-likeness (QED) is 0.639. The fraction of sp³-hybridized carbons (Fsp3) is 0.714. The Bertz CT molecular complexity index is 227. The monoisotopic (exact) mass is 252 g/mol. The first-order valence-electron chi connectivity index (χ1n) is 3.85. The van der Waals surface area contributed by atoms with E-state index in [1.807, 2.05) is 0 Å². The van der Waals surface area contributed by atoms with E-state index in [4.69, 9.17) is 24.4 Å². The summed E-state index contributed by atoms with van der Waals surface area (Å²) in [5.41, 5.74) is -0.0287. The lowest BCUT2D eigenvalue weighted by molar-refractivity contribution is 0.461. The highest BCUT2D eigenvalue weighted by Crippen LogP contribution is 2.17. The van der Waals surface area contributed by atoms with Crippen molar-refractivity contribution in [3.05, 3.63) is 0 Å². The van der Waals surface area contributed by atoms with Gasteiger partial charge < -0.3 is 10.6 Å². The zero-order chi connectivity index (χ0) is 9.90. The van der Waals surface area contributed by atoms with Gasteiger partial charge in [-0.2, -0.15) is 0 Å². The minimum atomic E-state index is -0.0287. The lowest BCUT2D eigenvalue weighted by Crippen LogP contribution is -2.49. The first kappa shape index (κ1) is 11.6. The molecule has 1 rings (SSSR count). The topological polar surface area (TPSA) is 24.1 Å². The van der Waals surface area contributed by atoms with Crippen molar-refractivity contribution in [1.82, 2.24) is 10.6 Å². The fourth-order valence-corrected chi connectivity index (χ4v) is 3.67. The van der Waals surface area contributed by atoms with Gasteiger partial charge in [0.15, 0.2) is 0 Å². The van der Waals surface area contributed by atoms with Gasteiger partial charge in [-0.25, -0.2) is 0 Å². The molecule has 1 saturated heterocycles. The Morgan fingerprint density at radius 2 is 1.85 bits per heavy atom. The second-order valence-corrected chi connectivity index (χ2v) is 7.01. The first-order chi connectivity index (χ1) is 5.99. The average Bonchev–Trinajstić information content (AvgIpc) is 2.03. The van der Waals surface area contributed by atoms with Gasteiger partial charge in [0, 0.05) is 6.54 Å². The van der Waals surface area contributed by atoms with Crippen LogP contribution in [0.1, 0.15) is 13.8 Å². The van der Waals surface area contributed by atoms with Gasteiger partial charge in [0.1, 0.15) is 8.64 Å². The van der Waals surface area contributed by atoms with Gasteiger partial charge in [-0.05, 0) is 13.8 Å². The van der Waals surface area contributed by atoms with E-state index in [2.05, 4.69) is 24.5 Å². The number of hydrogen-bond acceptors (Lipinski definition) is 4. The highest BCUT2D eigenvalue weighted by atomic mass is 32.2. The molecule has 1 aliphatic rings. The lowest BCUT2D eigenvalue weighted by atomic mass is 10.1. The van der Waals surface area contributed by atoms with Gasteiger partial charge in [-0.3, -0.25) is 0 Å². The molecule has 0 spiro atoms. The molecule has 13 heavy (non-hydrogen) atoms. The van der Waals surface area contributed by atoms with Crippen LogP contribution in [-0.4, -0.2) is 25.8 Å². The van der Waals surface area contributed by atoms with E-state index in [1.54, 1.807) is 23.5 Å².